The molecular formula is C20H26ClN3O. The molecule has 1 N–H and O–H groups in total. The van der Waals surface area contributed by atoms with Crippen LogP contribution in [0.1, 0.15) is 39.5 Å². The van der Waals surface area contributed by atoms with Crippen molar-refractivity contribution < 1.29 is 4.79 Å². The fraction of sp³-hybridized carbons (Fsp3) is 0.550. The maximum absolute atomic E-state index is 13.1. The number of rotatable bonds is 5. The summed E-state index contributed by atoms with van der Waals surface area (Å²) in [4.78, 5) is 15.6. The van der Waals surface area contributed by atoms with Crippen LogP contribution in [0, 0.1) is 0 Å². The molecule has 25 heavy (non-hydrogen) atoms. The maximum atomic E-state index is 13.1. The van der Waals surface area contributed by atoms with Crippen LogP contribution >= 0.6 is 11.6 Å². The summed E-state index contributed by atoms with van der Waals surface area (Å²) in [6, 6.07) is 7.86. The lowest BCUT2D eigenvalue weighted by Crippen LogP contribution is -2.52. The van der Waals surface area contributed by atoms with Crippen LogP contribution in [0.25, 0.3) is 10.9 Å². The molecule has 2 aromatic rings. The number of amides is 1. The molecule has 4 rings (SSSR count). The molecule has 1 saturated carbocycles. The second-order valence-electron chi connectivity index (χ2n) is 8.17. The van der Waals surface area contributed by atoms with Gasteiger partial charge in [0.1, 0.15) is 5.54 Å². The fourth-order valence-electron chi connectivity index (χ4n) is 3.93. The van der Waals surface area contributed by atoms with Crippen LogP contribution in [-0.2, 0) is 10.3 Å². The van der Waals surface area contributed by atoms with E-state index in [9.17, 15) is 4.79 Å². The van der Waals surface area contributed by atoms with Crippen molar-refractivity contribution in [3.05, 3.63) is 35.5 Å². The van der Waals surface area contributed by atoms with E-state index in [1.807, 2.05) is 48.9 Å². The Morgan fingerprint density at radius 3 is 2.64 bits per heavy atom. The van der Waals surface area contributed by atoms with E-state index in [-0.39, 0.29) is 11.4 Å². The molecular weight excluding hydrogens is 334 g/mol. The molecule has 0 unspecified atom stereocenters. The monoisotopic (exact) mass is 359 g/mol. The molecule has 1 aromatic heterocycles. The molecule has 0 spiro atoms. The third-order valence-electron chi connectivity index (χ3n) is 5.77. The number of nitrogens with one attached hydrogen (secondary N) is 1. The topological polar surface area (TPSA) is 37.3 Å². The molecule has 0 radical (unpaired) electrons. The van der Waals surface area contributed by atoms with Gasteiger partial charge in [0.25, 0.3) is 0 Å². The van der Waals surface area contributed by atoms with Crippen LogP contribution in [0.15, 0.2) is 30.5 Å². The summed E-state index contributed by atoms with van der Waals surface area (Å²) in [7, 11) is 0. The highest BCUT2D eigenvalue weighted by Crippen LogP contribution is 2.38. The molecule has 4 nitrogen and oxygen atoms in total. The van der Waals surface area contributed by atoms with Gasteiger partial charge in [-0.2, -0.15) is 0 Å². The van der Waals surface area contributed by atoms with Crippen molar-refractivity contribution in [2.24, 2.45) is 0 Å². The lowest BCUT2D eigenvalue weighted by molar-refractivity contribution is -0.129. The first-order chi connectivity index (χ1) is 11.9. The van der Waals surface area contributed by atoms with Crippen LogP contribution in [0.4, 0.5) is 0 Å². The predicted molar refractivity (Wildman–Crippen MR) is 102 cm³/mol. The summed E-state index contributed by atoms with van der Waals surface area (Å²) in [5.74, 6) is 0.0849. The second-order valence-corrected chi connectivity index (χ2v) is 8.60. The van der Waals surface area contributed by atoms with E-state index in [1.165, 1.54) is 25.9 Å². The first-order valence-electron chi connectivity index (χ1n) is 9.22. The molecule has 1 saturated heterocycles. The van der Waals surface area contributed by atoms with E-state index in [1.54, 1.807) is 0 Å². The van der Waals surface area contributed by atoms with Gasteiger partial charge in [0.05, 0.1) is 11.1 Å². The average Bonchev–Trinajstić information content (AvgIpc) is 2.98. The van der Waals surface area contributed by atoms with Gasteiger partial charge in [-0.25, -0.2) is 0 Å². The molecule has 5 heteroatoms. The van der Waals surface area contributed by atoms with Crippen molar-refractivity contribution in [1.29, 1.82) is 0 Å². The van der Waals surface area contributed by atoms with Crippen molar-refractivity contribution in [3.63, 3.8) is 0 Å². The first-order valence-corrected chi connectivity index (χ1v) is 9.60. The molecule has 134 valence electrons. The zero-order valence-corrected chi connectivity index (χ0v) is 15.8. The van der Waals surface area contributed by atoms with Crippen LogP contribution in [-0.4, -0.2) is 40.5 Å². The number of aromatic nitrogens is 1. The Bertz CT molecular complexity index is 800. The Balaban J connectivity index is 1.54. The van der Waals surface area contributed by atoms with Crippen LogP contribution < -0.4 is 5.32 Å². The summed E-state index contributed by atoms with van der Waals surface area (Å²) >= 11 is 6.17. The van der Waals surface area contributed by atoms with E-state index in [2.05, 4.69) is 10.2 Å². The molecule has 1 aliphatic heterocycles. The van der Waals surface area contributed by atoms with Crippen molar-refractivity contribution in [1.82, 2.24) is 14.8 Å². The Kier molecular flexibility index (Phi) is 4.08. The third-order valence-corrected chi connectivity index (χ3v) is 6.01. The van der Waals surface area contributed by atoms with Gasteiger partial charge in [-0.15, -0.1) is 0 Å². The quantitative estimate of drug-likeness (QED) is 0.882. The molecule has 2 heterocycles. The van der Waals surface area contributed by atoms with Gasteiger partial charge < -0.3 is 14.8 Å². The van der Waals surface area contributed by atoms with E-state index >= 15 is 0 Å². The number of fused-ring (bicyclic) bond motifs is 1. The number of hydrogen-bond acceptors (Lipinski definition) is 2. The number of carbonyl (C=O) groups excluding carboxylic acids is 1. The highest BCUT2D eigenvalue weighted by atomic mass is 35.5. The standard InChI is InChI=1S/C20H26ClN3O/c1-19(2,24-12-7-15-5-6-16(21)13-17(15)24)18(25)22-20(8-9-20)14-23-10-3-4-11-23/h5-7,12-13H,3-4,8-11,14H2,1-2H3,(H,22,25). The molecule has 1 aromatic carbocycles. The van der Waals surface area contributed by atoms with Gasteiger partial charge in [-0.1, -0.05) is 17.7 Å². The zero-order valence-electron chi connectivity index (χ0n) is 15.0. The molecule has 1 aliphatic carbocycles. The maximum Gasteiger partial charge on any atom is 0.246 e. The Hall–Kier alpha value is -1.52. The number of carbonyl (C=O) groups is 1. The van der Waals surface area contributed by atoms with Gasteiger partial charge in [-0.3, -0.25) is 4.79 Å². The van der Waals surface area contributed by atoms with Gasteiger partial charge in [0.15, 0.2) is 0 Å². The van der Waals surface area contributed by atoms with Gasteiger partial charge in [0.2, 0.25) is 5.91 Å². The fourth-order valence-corrected chi connectivity index (χ4v) is 4.10. The number of hydrogen-bond donors (Lipinski definition) is 1. The van der Waals surface area contributed by atoms with Gasteiger partial charge >= 0.3 is 0 Å². The first kappa shape index (κ1) is 16.9. The molecule has 2 aliphatic rings. The minimum atomic E-state index is -0.660. The smallest absolute Gasteiger partial charge is 0.246 e. The van der Waals surface area contributed by atoms with E-state index in [4.69, 9.17) is 11.6 Å². The minimum absolute atomic E-state index is 0.0146. The van der Waals surface area contributed by atoms with Crippen molar-refractivity contribution in [2.75, 3.05) is 19.6 Å². The number of likely N-dealkylation sites (tertiary alicyclic amines) is 1. The van der Waals surface area contributed by atoms with Crippen molar-refractivity contribution in [2.45, 2.75) is 50.6 Å². The van der Waals surface area contributed by atoms with Gasteiger partial charge in [-0.05, 0) is 76.2 Å². The Labute approximate surface area is 154 Å². The number of halogens is 1. The van der Waals surface area contributed by atoms with E-state index in [0.717, 1.165) is 30.3 Å². The minimum Gasteiger partial charge on any atom is -0.347 e. The largest absolute Gasteiger partial charge is 0.347 e. The highest BCUT2D eigenvalue weighted by Gasteiger charge is 2.47. The third kappa shape index (κ3) is 3.18. The molecule has 1 amide bonds. The Morgan fingerprint density at radius 1 is 1.24 bits per heavy atom. The molecule has 0 bridgehead atoms. The summed E-state index contributed by atoms with van der Waals surface area (Å²) in [6.45, 7) is 7.29. The SMILES string of the molecule is CC(C)(C(=O)NC1(CN2CCCC2)CC1)n1ccc2ccc(Cl)cc21. The van der Waals surface area contributed by atoms with Crippen LogP contribution in [0.3, 0.4) is 0 Å². The lowest BCUT2D eigenvalue weighted by Gasteiger charge is -2.31. The lowest BCUT2D eigenvalue weighted by atomic mass is 10.0. The number of benzene rings is 1. The predicted octanol–water partition coefficient (Wildman–Crippen LogP) is 3.77. The Morgan fingerprint density at radius 2 is 1.96 bits per heavy atom. The second kappa shape index (κ2) is 6.03. The van der Waals surface area contributed by atoms with Crippen molar-refractivity contribution >= 4 is 28.4 Å². The summed E-state index contributed by atoms with van der Waals surface area (Å²) in [6.07, 6.45) is 6.73. The zero-order chi connectivity index (χ0) is 17.7. The summed E-state index contributed by atoms with van der Waals surface area (Å²) in [5.41, 5.74) is 0.323. The van der Waals surface area contributed by atoms with Crippen molar-refractivity contribution in [3.8, 4) is 0 Å². The van der Waals surface area contributed by atoms with Gasteiger partial charge in [0, 0.05) is 17.8 Å². The molecule has 2 fully saturated rings. The van der Waals surface area contributed by atoms with E-state index in [0.29, 0.717) is 5.02 Å². The average molecular weight is 360 g/mol. The summed E-state index contributed by atoms with van der Waals surface area (Å²) < 4.78 is 2.04. The van der Waals surface area contributed by atoms with E-state index < -0.39 is 5.54 Å². The van der Waals surface area contributed by atoms with Crippen LogP contribution in [0.2, 0.25) is 5.02 Å². The van der Waals surface area contributed by atoms with Crippen LogP contribution in [0.5, 0.6) is 0 Å². The highest BCUT2D eigenvalue weighted by molar-refractivity contribution is 6.31. The molecule has 0 atom stereocenters. The number of nitrogens with zero attached hydrogens (tertiary/aromatic N) is 2. The normalized spacial score (nSPS) is 20.1. The summed E-state index contributed by atoms with van der Waals surface area (Å²) in [5, 5.41) is 5.16.